The van der Waals surface area contributed by atoms with E-state index >= 15 is 0 Å². The lowest BCUT2D eigenvalue weighted by molar-refractivity contribution is -0.116. The van der Waals surface area contributed by atoms with Crippen LogP contribution in [0.5, 0.6) is 0 Å². The minimum absolute atomic E-state index is 0.0114. The van der Waals surface area contributed by atoms with Crippen LogP contribution in [-0.4, -0.2) is 17.6 Å². The highest BCUT2D eigenvalue weighted by atomic mass is 32.2. The van der Waals surface area contributed by atoms with Crippen LogP contribution in [0.1, 0.15) is 30.9 Å². The van der Waals surface area contributed by atoms with E-state index in [0.717, 1.165) is 33.8 Å². The van der Waals surface area contributed by atoms with Gasteiger partial charge in [-0.25, -0.2) is 0 Å². The Bertz CT molecular complexity index is 759. The zero-order valence-electron chi connectivity index (χ0n) is 14.9. The fourth-order valence-electron chi connectivity index (χ4n) is 2.32. The van der Waals surface area contributed by atoms with Crippen LogP contribution >= 0.6 is 11.8 Å². The van der Waals surface area contributed by atoms with E-state index in [1.807, 2.05) is 63.2 Å². The van der Waals surface area contributed by atoms with Gasteiger partial charge in [0.15, 0.2) is 0 Å². The quantitative estimate of drug-likeness (QED) is 0.702. The SMILES string of the molecule is CCCC(=O)Nc1cccc(SCC(=O)Nc2cc(C)ccc2C)c1. The van der Waals surface area contributed by atoms with Crippen molar-refractivity contribution in [3.8, 4) is 0 Å². The first-order chi connectivity index (χ1) is 12.0. The number of nitrogens with one attached hydrogen (secondary N) is 2. The van der Waals surface area contributed by atoms with Gasteiger partial charge in [-0.2, -0.15) is 0 Å². The number of hydrogen-bond acceptors (Lipinski definition) is 3. The van der Waals surface area contributed by atoms with Gasteiger partial charge in [0, 0.05) is 22.7 Å². The average molecular weight is 356 g/mol. The molecule has 0 aliphatic heterocycles. The number of carbonyl (C=O) groups excluding carboxylic acids is 2. The zero-order chi connectivity index (χ0) is 18.2. The highest BCUT2D eigenvalue weighted by Gasteiger charge is 2.07. The summed E-state index contributed by atoms with van der Waals surface area (Å²) < 4.78 is 0. The Morgan fingerprint density at radius 1 is 1.00 bits per heavy atom. The summed E-state index contributed by atoms with van der Waals surface area (Å²) in [5, 5.41) is 5.83. The Labute approximate surface area is 153 Å². The molecule has 2 N–H and O–H groups in total. The lowest BCUT2D eigenvalue weighted by atomic mass is 10.1. The largest absolute Gasteiger partial charge is 0.326 e. The van der Waals surface area contributed by atoms with Crippen molar-refractivity contribution < 1.29 is 9.59 Å². The maximum Gasteiger partial charge on any atom is 0.234 e. The first kappa shape index (κ1) is 19.1. The van der Waals surface area contributed by atoms with Crippen molar-refractivity contribution in [2.45, 2.75) is 38.5 Å². The van der Waals surface area contributed by atoms with Crippen LogP contribution in [0.4, 0.5) is 11.4 Å². The van der Waals surface area contributed by atoms with Crippen LogP contribution in [0, 0.1) is 13.8 Å². The molecule has 0 aliphatic carbocycles. The van der Waals surface area contributed by atoms with E-state index in [-0.39, 0.29) is 11.8 Å². The first-order valence-electron chi connectivity index (χ1n) is 8.37. The van der Waals surface area contributed by atoms with Gasteiger partial charge in [-0.3, -0.25) is 9.59 Å². The molecule has 4 nitrogen and oxygen atoms in total. The molecule has 2 aromatic rings. The van der Waals surface area contributed by atoms with Gasteiger partial charge < -0.3 is 10.6 Å². The summed E-state index contributed by atoms with van der Waals surface area (Å²) in [5.41, 5.74) is 3.78. The molecule has 0 heterocycles. The Hall–Kier alpha value is -2.27. The van der Waals surface area contributed by atoms with E-state index in [4.69, 9.17) is 0 Å². The fourth-order valence-corrected chi connectivity index (χ4v) is 3.07. The van der Waals surface area contributed by atoms with Crippen LogP contribution in [-0.2, 0) is 9.59 Å². The fraction of sp³-hybridized carbons (Fsp3) is 0.300. The number of amides is 2. The highest BCUT2D eigenvalue weighted by molar-refractivity contribution is 8.00. The number of hydrogen-bond donors (Lipinski definition) is 2. The van der Waals surface area contributed by atoms with Crippen molar-refractivity contribution in [2.75, 3.05) is 16.4 Å². The van der Waals surface area contributed by atoms with E-state index in [9.17, 15) is 9.59 Å². The number of benzene rings is 2. The number of anilines is 2. The van der Waals surface area contributed by atoms with Crippen molar-refractivity contribution in [1.82, 2.24) is 0 Å². The first-order valence-corrected chi connectivity index (χ1v) is 9.36. The summed E-state index contributed by atoms with van der Waals surface area (Å²) in [7, 11) is 0. The molecule has 0 saturated heterocycles. The smallest absolute Gasteiger partial charge is 0.234 e. The van der Waals surface area contributed by atoms with Crippen LogP contribution in [0.2, 0.25) is 0 Å². The molecule has 0 atom stereocenters. The molecule has 0 aliphatic rings. The molecule has 0 spiro atoms. The van der Waals surface area contributed by atoms with Gasteiger partial charge in [0.05, 0.1) is 5.75 Å². The van der Waals surface area contributed by atoms with Crippen molar-refractivity contribution in [2.24, 2.45) is 0 Å². The molecule has 0 fully saturated rings. The third-order valence-electron chi connectivity index (χ3n) is 3.63. The topological polar surface area (TPSA) is 58.2 Å². The minimum atomic E-state index is -0.0425. The third-order valence-corrected chi connectivity index (χ3v) is 4.63. The lowest BCUT2D eigenvalue weighted by Crippen LogP contribution is -2.15. The summed E-state index contributed by atoms with van der Waals surface area (Å²) in [6, 6.07) is 13.6. The molecule has 2 aromatic carbocycles. The maximum absolute atomic E-state index is 12.2. The second-order valence-corrected chi connectivity index (χ2v) is 7.03. The normalized spacial score (nSPS) is 10.4. The van der Waals surface area contributed by atoms with Gasteiger partial charge >= 0.3 is 0 Å². The highest BCUT2D eigenvalue weighted by Crippen LogP contribution is 2.23. The predicted octanol–water partition coefficient (Wildman–Crippen LogP) is 4.77. The molecule has 0 saturated carbocycles. The third kappa shape index (κ3) is 6.27. The van der Waals surface area contributed by atoms with Gasteiger partial charge in [0.25, 0.3) is 0 Å². The summed E-state index contributed by atoms with van der Waals surface area (Å²) in [6.45, 7) is 5.95. The van der Waals surface area contributed by atoms with E-state index in [0.29, 0.717) is 12.2 Å². The van der Waals surface area contributed by atoms with Crippen LogP contribution in [0.25, 0.3) is 0 Å². The van der Waals surface area contributed by atoms with E-state index in [1.54, 1.807) is 0 Å². The minimum Gasteiger partial charge on any atom is -0.326 e. The predicted molar refractivity (Wildman–Crippen MR) is 105 cm³/mol. The van der Waals surface area contributed by atoms with E-state index < -0.39 is 0 Å². The molecule has 5 heteroatoms. The molecule has 0 radical (unpaired) electrons. The number of thioether (sulfide) groups is 1. The second-order valence-electron chi connectivity index (χ2n) is 5.98. The number of carbonyl (C=O) groups is 2. The van der Waals surface area contributed by atoms with Gasteiger partial charge in [-0.15, -0.1) is 11.8 Å². The van der Waals surface area contributed by atoms with Gasteiger partial charge in [0.1, 0.15) is 0 Å². The summed E-state index contributed by atoms with van der Waals surface area (Å²) >= 11 is 1.45. The summed E-state index contributed by atoms with van der Waals surface area (Å²) in [4.78, 5) is 24.8. The Balaban J connectivity index is 1.91. The number of aryl methyl sites for hydroxylation is 2. The Kier molecular flexibility index (Phi) is 7.07. The molecule has 0 bridgehead atoms. The van der Waals surface area contributed by atoms with Gasteiger partial charge in [-0.1, -0.05) is 25.1 Å². The van der Waals surface area contributed by atoms with E-state index in [1.165, 1.54) is 11.8 Å². The Morgan fingerprint density at radius 2 is 1.80 bits per heavy atom. The van der Waals surface area contributed by atoms with Crippen LogP contribution in [0.15, 0.2) is 47.4 Å². The second kappa shape index (κ2) is 9.28. The molecule has 0 aromatic heterocycles. The molecule has 2 rings (SSSR count). The summed E-state index contributed by atoms with van der Waals surface area (Å²) in [5.74, 6) is 0.288. The summed E-state index contributed by atoms with van der Waals surface area (Å²) in [6.07, 6.45) is 1.33. The average Bonchev–Trinajstić information content (AvgIpc) is 2.57. The Morgan fingerprint density at radius 3 is 2.56 bits per heavy atom. The molecule has 25 heavy (non-hydrogen) atoms. The van der Waals surface area contributed by atoms with E-state index in [2.05, 4.69) is 10.6 Å². The van der Waals surface area contributed by atoms with Crippen molar-refractivity contribution in [3.63, 3.8) is 0 Å². The zero-order valence-corrected chi connectivity index (χ0v) is 15.7. The molecule has 132 valence electrons. The van der Waals surface area contributed by atoms with Crippen molar-refractivity contribution in [1.29, 1.82) is 0 Å². The molecule has 0 unspecified atom stereocenters. The molecular weight excluding hydrogens is 332 g/mol. The van der Waals surface area contributed by atoms with Gasteiger partial charge in [0.2, 0.25) is 11.8 Å². The standard InChI is InChI=1S/C20H24N2O2S/c1-4-6-19(23)21-16-7-5-8-17(12-16)25-13-20(24)22-18-11-14(2)9-10-15(18)3/h5,7-12H,4,6,13H2,1-3H3,(H,21,23)(H,22,24). The molecule has 2 amide bonds. The van der Waals surface area contributed by atoms with Crippen molar-refractivity contribution in [3.05, 3.63) is 53.6 Å². The van der Waals surface area contributed by atoms with Crippen LogP contribution in [0.3, 0.4) is 0 Å². The lowest BCUT2D eigenvalue weighted by Gasteiger charge is -2.10. The number of rotatable bonds is 7. The molecular formula is C20H24N2O2S. The van der Waals surface area contributed by atoms with Crippen molar-refractivity contribution >= 4 is 35.0 Å². The van der Waals surface area contributed by atoms with Gasteiger partial charge in [-0.05, 0) is 55.7 Å². The van der Waals surface area contributed by atoms with Crippen LogP contribution < -0.4 is 10.6 Å². The monoisotopic (exact) mass is 356 g/mol. The maximum atomic E-state index is 12.2.